The second-order valence-electron chi connectivity index (χ2n) is 4.68. The van der Waals surface area contributed by atoms with Gasteiger partial charge in [-0.25, -0.2) is 12.7 Å². The van der Waals surface area contributed by atoms with Gasteiger partial charge in [0.25, 0.3) is 5.91 Å². The molecule has 5 nitrogen and oxygen atoms in total. The van der Waals surface area contributed by atoms with Crippen LogP contribution in [-0.4, -0.2) is 44.0 Å². The fourth-order valence-electron chi connectivity index (χ4n) is 2.09. The van der Waals surface area contributed by atoms with E-state index in [0.29, 0.717) is 18.7 Å². The summed E-state index contributed by atoms with van der Waals surface area (Å²) >= 11 is 3.29. The minimum absolute atomic E-state index is 0.0464. The highest BCUT2D eigenvalue weighted by Gasteiger charge is 2.24. The molecule has 1 aromatic carbocycles. The number of rotatable bonds is 5. The van der Waals surface area contributed by atoms with Crippen molar-refractivity contribution in [1.82, 2.24) is 9.62 Å². The molecule has 1 saturated heterocycles. The molecule has 20 heavy (non-hydrogen) atoms. The molecule has 110 valence electrons. The molecule has 1 N–H and O–H groups in total. The van der Waals surface area contributed by atoms with Crippen molar-refractivity contribution in [3.05, 3.63) is 34.3 Å². The third-order valence-electron chi connectivity index (χ3n) is 3.21. The van der Waals surface area contributed by atoms with Crippen molar-refractivity contribution in [3.63, 3.8) is 0 Å². The van der Waals surface area contributed by atoms with Gasteiger partial charge in [-0.1, -0.05) is 15.9 Å². The Labute approximate surface area is 127 Å². The number of carbonyl (C=O) groups is 1. The molecule has 0 radical (unpaired) electrons. The van der Waals surface area contributed by atoms with E-state index in [1.54, 1.807) is 24.3 Å². The van der Waals surface area contributed by atoms with Gasteiger partial charge in [0.15, 0.2) is 0 Å². The lowest BCUT2D eigenvalue weighted by molar-refractivity contribution is 0.0956. The van der Waals surface area contributed by atoms with Gasteiger partial charge < -0.3 is 5.32 Å². The van der Waals surface area contributed by atoms with Crippen molar-refractivity contribution < 1.29 is 13.2 Å². The Hall–Kier alpha value is -0.920. The molecule has 1 aromatic rings. The monoisotopic (exact) mass is 360 g/mol. The Morgan fingerprint density at radius 2 is 1.80 bits per heavy atom. The summed E-state index contributed by atoms with van der Waals surface area (Å²) < 4.78 is 26.3. The van der Waals surface area contributed by atoms with Crippen LogP contribution >= 0.6 is 15.9 Å². The molecule has 0 atom stereocenters. The maximum Gasteiger partial charge on any atom is 0.251 e. The summed E-state index contributed by atoms with van der Waals surface area (Å²) in [5.41, 5.74) is 0.520. The van der Waals surface area contributed by atoms with E-state index in [1.807, 2.05) is 0 Å². The van der Waals surface area contributed by atoms with Crippen LogP contribution in [0, 0.1) is 0 Å². The molecule has 7 heteroatoms. The lowest BCUT2D eigenvalue weighted by atomic mass is 10.2. The molecule has 0 spiro atoms. The Morgan fingerprint density at radius 1 is 1.20 bits per heavy atom. The highest BCUT2D eigenvalue weighted by Crippen LogP contribution is 2.13. The molecule has 1 fully saturated rings. The van der Waals surface area contributed by atoms with E-state index in [0.717, 1.165) is 17.3 Å². The zero-order valence-electron chi connectivity index (χ0n) is 11.0. The largest absolute Gasteiger partial charge is 0.351 e. The Bertz CT molecular complexity index is 566. The zero-order valence-corrected chi connectivity index (χ0v) is 13.4. The van der Waals surface area contributed by atoms with Crippen molar-refractivity contribution in [2.45, 2.75) is 12.8 Å². The third kappa shape index (κ3) is 4.04. The zero-order chi connectivity index (χ0) is 14.6. The first-order chi connectivity index (χ1) is 9.49. The number of amides is 1. The molecule has 0 bridgehead atoms. The van der Waals surface area contributed by atoms with Gasteiger partial charge in [0.1, 0.15) is 0 Å². The summed E-state index contributed by atoms with van der Waals surface area (Å²) in [6, 6.07) is 6.93. The van der Waals surface area contributed by atoms with Gasteiger partial charge in [0, 0.05) is 29.7 Å². The van der Waals surface area contributed by atoms with E-state index in [1.165, 1.54) is 4.31 Å². The van der Waals surface area contributed by atoms with Crippen LogP contribution in [0.1, 0.15) is 23.2 Å². The summed E-state index contributed by atoms with van der Waals surface area (Å²) in [5.74, 6) is -0.302. The maximum absolute atomic E-state index is 12.0. The van der Waals surface area contributed by atoms with Gasteiger partial charge in [0.2, 0.25) is 10.0 Å². The van der Waals surface area contributed by atoms with Gasteiger partial charge >= 0.3 is 0 Å². The first-order valence-electron chi connectivity index (χ1n) is 6.51. The Morgan fingerprint density at radius 3 is 2.40 bits per heavy atom. The van der Waals surface area contributed by atoms with Crippen LogP contribution in [0.5, 0.6) is 0 Å². The number of benzene rings is 1. The maximum atomic E-state index is 12.0. The van der Waals surface area contributed by atoms with Crippen molar-refractivity contribution >= 4 is 31.9 Å². The van der Waals surface area contributed by atoms with Gasteiger partial charge in [-0.05, 0) is 37.1 Å². The van der Waals surface area contributed by atoms with Gasteiger partial charge in [-0.2, -0.15) is 0 Å². The fraction of sp³-hybridized carbons (Fsp3) is 0.462. The average Bonchev–Trinajstić information content (AvgIpc) is 2.94. The molecule has 0 aromatic heterocycles. The highest BCUT2D eigenvalue weighted by molar-refractivity contribution is 9.10. The SMILES string of the molecule is O=C(NCCS(=O)(=O)N1CCCC1)c1ccc(Br)cc1. The Kier molecular flexibility index (Phi) is 5.17. The standard InChI is InChI=1S/C13H17BrN2O3S/c14-12-5-3-11(4-6-12)13(17)15-7-10-20(18,19)16-8-1-2-9-16/h3-6H,1-2,7-10H2,(H,15,17). The van der Waals surface area contributed by atoms with E-state index in [4.69, 9.17) is 0 Å². The average molecular weight is 361 g/mol. The predicted molar refractivity (Wildman–Crippen MR) is 81.1 cm³/mol. The number of halogens is 1. The second-order valence-corrected chi connectivity index (χ2v) is 7.69. The molecular formula is C13H17BrN2O3S. The van der Waals surface area contributed by atoms with Crippen LogP contribution in [0.15, 0.2) is 28.7 Å². The summed E-state index contributed by atoms with van der Waals surface area (Å²) in [4.78, 5) is 11.8. The van der Waals surface area contributed by atoms with E-state index in [9.17, 15) is 13.2 Å². The minimum atomic E-state index is -3.23. The van der Waals surface area contributed by atoms with Crippen molar-refractivity contribution in [2.24, 2.45) is 0 Å². The first-order valence-corrected chi connectivity index (χ1v) is 8.91. The van der Waals surface area contributed by atoms with Crippen LogP contribution in [0.2, 0.25) is 0 Å². The van der Waals surface area contributed by atoms with Crippen molar-refractivity contribution in [1.29, 1.82) is 0 Å². The summed E-state index contributed by atoms with van der Waals surface area (Å²) in [6.45, 7) is 1.33. The number of sulfonamides is 1. The molecule has 0 saturated carbocycles. The van der Waals surface area contributed by atoms with Crippen LogP contribution in [0.4, 0.5) is 0 Å². The van der Waals surface area contributed by atoms with E-state index in [2.05, 4.69) is 21.2 Å². The van der Waals surface area contributed by atoms with Gasteiger partial charge in [-0.3, -0.25) is 4.79 Å². The lowest BCUT2D eigenvalue weighted by Gasteiger charge is -2.15. The molecule has 2 rings (SSSR count). The van der Waals surface area contributed by atoms with Crippen LogP contribution in [-0.2, 0) is 10.0 Å². The summed E-state index contributed by atoms with van der Waals surface area (Å²) in [6.07, 6.45) is 1.84. The highest BCUT2D eigenvalue weighted by atomic mass is 79.9. The van der Waals surface area contributed by atoms with Gasteiger partial charge in [-0.15, -0.1) is 0 Å². The minimum Gasteiger partial charge on any atom is -0.351 e. The fourth-order valence-corrected chi connectivity index (χ4v) is 3.79. The van der Waals surface area contributed by atoms with Crippen molar-refractivity contribution in [3.8, 4) is 0 Å². The summed E-state index contributed by atoms with van der Waals surface area (Å²) in [7, 11) is -3.23. The molecular weight excluding hydrogens is 344 g/mol. The number of carbonyl (C=O) groups excluding carboxylic acids is 1. The van der Waals surface area contributed by atoms with E-state index in [-0.39, 0.29) is 18.2 Å². The predicted octanol–water partition coefficient (Wildman–Crippen LogP) is 1.60. The topological polar surface area (TPSA) is 66.5 Å². The van der Waals surface area contributed by atoms with Crippen LogP contribution < -0.4 is 5.32 Å². The smallest absolute Gasteiger partial charge is 0.251 e. The summed E-state index contributed by atoms with van der Waals surface area (Å²) in [5, 5.41) is 2.64. The van der Waals surface area contributed by atoms with E-state index < -0.39 is 10.0 Å². The molecule has 1 heterocycles. The second kappa shape index (κ2) is 6.69. The number of nitrogens with zero attached hydrogens (tertiary/aromatic N) is 1. The number of hydrogen-bond acceptors (Lipinski definition) is 3. The normalized spacial score (nSPS) is 16.2. The number of hydrogen-bond donors (Lipinski definition) is 1. The first kappa shape index (κ1) is 15.5. The Balaban J connectivity index is 1.83. The third-order valence-corrected chi connectivity index (χ3v) is 5.61. The molecule has 0 aliphatic carbocycles. The van der Waals surface area contributed by atoms with E-state index >= 15 is 0 Å². The van der Waals surface area contributed by atoms with Crippen LogP contribution in [0.25, 0.3) is 0 Å². The molecule has 1 amide bonds. The quantitative estimate of drug-likeness (QED) is 0.867. The number of nitrogens with one attached hydrogen (secondary N) is 1. The molecule has 1 aliphatic rings. The molecule has 1 aliphatic heterocycles. The lowest BCUT2D eigenvalue weighted by Crippen LogP contribution is -2.36. The van der Waals surface area contributed by atoms with Crippen LogP contribution in [0.3, 0.4) is 0 Å². The van der Waals surface area contributed by atoms with Crippen molar-refractivity contribution in [2.75, 3.05) is 25.4 Å². The molecule has 0 unspecified atom stereocenters. The van der Waals surface area contributed by atoms with Gasteiger partial charge in [0.05, 0.1) is 5.75 Å².